The Morgan fingerprint density at radius 2 is 1.89 bits per heavy atom. The molecule has 45 heavy (non-hydrogen) atoms. The third-order valence-electron chi connectivity index (χ3n) is 8.34. The van der Waals surface area contributed by atoms with Crippen molar-refractivity contribution in [1.82, 2.24) is 10.6 Å². The minimum atomic E-state index is -1.76. The lowest BCUT2D eigenvalue weighted by Gasteiger charge is -2.48. The van der Waals surface area contributed by atoms with Crippen molar-refractivity contribution >= 4 is 11.9 Å². The van der Waals surface area contributed by atoms with Crippen LogP contribution in [0, 0.1) is 0 Å². The minimum absolute atomic E-state index is 0.0172. The van der Waals surface area contributed by atoms with E-state index in [9.17, 15) is 30.3 Å². The maximum atomic E-state index is 13.2. The number of hydrogen-bond donors (Lipinski definition) is 12. The van der Waals surface area contributed by atoms with Gasteiger partial charge < -0.3 is 83.2 Å². The van der Waals surface area contributed by atoms with Gasteiger partial charge in [0.2, 0.25) is 6.29 Å². The number of carbonyl (C=O) groups is 1. The van der Waals surface area contributed by atoms with Gasteiger partial charge >= 0.3 is 0 Å². The molecule has 0 aromatic rings. The van der Waals surface area contributed by atoms with Crippen LogP contribution in [-0.2, 0) is 23.7 Å². The van der Waals surface area contributed by atoms with E-state index in [0.717, 1.165) is 6.26 Å². The highest BCUT2D eigenvalue weighted by Gasteiger charge is 2.53. The van der Waals surface area contributed by atoms with Gasteiger partial charge in [0.05, 0.1) is 50.3 Å². The van der Waals surface area contributed by atoms with E-state index in [0.29, 0.717) is 17.8 Å². The molecule has 2 aliphatic heterocycles. The summed E-state index contributed by atoms with van der Waals surface area (Å²) in [6, 6.07) is -2.86. The summed E-state index contributed by atoms with van der Waals surface area (Å²) in [5.74, 6) is -0.415. The summed E-state index contributed by atoms with van der Waals surface area (Å²) in [5.41, 5.74) is 22.2. The van der Waals surface area contributed by atoms with Crippen LogP contribution in [0.2, 0.25) is 0 Å². The van der Waals surface area contributed by atoms with Crippen LogP contribution in [0.4, 0.5) is 0 Å². The summed E-state index contributed by atoms with van der Waals surface area (Å²) < 4.78 is 23.7. The van der Waals surface area contributed by atoms with Crippen LogP contribution in [0.1, 0.15) is 32.1 Å². The number of rotatable bonds is 12. The van der Waals surface area contributed by atoms with Gasteiger partial charge in [-0.3, -0.25) is 9.79 Å². The second-order valence-corrected chi connectivity index (χ2v) is 12.1. The van der Waals surface area contributed by atoms with Crippen LogP contribution in [0.5, 0.6) is 0 Å². The molecule has 18 heteroatoms. The Hall–Kier alpha value is -2.62. The van der Waals surface area contributed by atoms with Gasteiger partial charge in [-0.1, -0.05) is 0 Å². The Morgan fingerprint density at radius 3 is 2.53 bits per heavy atom. The lowest BCUT2D eigenvalue weighted by molar-refractivity contribution is -0.273. The average molecular weight is 646 g/mol. The molecule has 256 valence electrons. The molecule has 3 fully saturated rings. The lowest BCUT2D eigenvalue weighted by Crippen LogP contribution is -2.68. The SMILES string of the molecule is NC(N)=NC1CC(O)(C(=O)N[C@@H]2C[C@H](N)C(O[C@H]3OC(CNCC(O)CO)=CC[C@H]3N)[C@H](O)[C@H]2O[C@H]2OC/C(=C/O)C[C@H]2O)C1. The summed E-state index contributed by atoms with van der Waals surface area (Å²) in [6.45, 7) is -0.0862. The topological polar surface area (TPSA) is 316 Å². The van der Waals surface area contributed by atoms with Gasteiger partial charge in [-0.15, -0.1) is 0 Å². The van der Waals surface area contributed by atoms with E-state index in [4.69, 9.17) is 47.0 Å². The van der Waals surface area contributed by atoms with Crippen molar-refractivity contribution < 1.29 is 54.4 Å². The van der Waals surface area contributed by atoms with Gasteiger partial charge in [-0.25, -0.2) is 0 Å². The summed E-state index contributed by atoms with van der Waals surface area (Å²) in [6.07, 6.45) is -5.19. The fraction of sp³-hybridized carbons (Fsp3) is 0.778. The van der Waals surface area contributed by atoms with Crippen molar-refractivity contribution in [3.05, 3.63) is 23.7 Å². The highest BCUT2D eigenvalue weighted by Crippen LogP contribution is 2.36. The molecule has 16 N–H and O–H groups in total. The normalized spacial score (nSPS) is 40.1. The second kappa shape index (κ2) is 15.3. The molecule has 4 rings (SSSR count). The number of aliphatic hydroxyl groups excluding tert-OH is 5. The number of nitrogens with two attached hydrogens (primary N) is 4. The maximum Gasteiger partial charge on any atom is 0.252 e. The Labute approximate surface area is 260 Å². The third-order valence-corrected chi connectivity index (χ3v) is 8.34. The van der Waals surface area contributed by atoms with Gasteiger partial charge in [0.15, 0.2) is 12.2 Å². The zero-order chi connectivity index (χ0) is 32.9. The van der Waals surface area contributed by atoms with Crippen LogP contribution in [0.25, 0.3) is 0 Å². The van der Waals surface area contributed by atoms with Gasteiger partial charge in [0.1, 0.15) is 35.8 Å². The second-order valence-electron chi connectivity index (χ2n) is 12.1. The predicted octanol–water partition coefficient (Wildman–Crippen LogP) is -5.05. The van der Waals surface area contributed by atoms with E-state index in [1.54, 1.807) is 6.08 Å². The third kappa shape index (κ3) is 8.80. The van der Waals surface area contributed by atoms with E-state index in [1.165, 1.54) is 0 Å². The van der Waals surface area contributed by atoms with E-state index >= 15 is 0 Å². The molecule has 2 aliphatic carbocycles. The quantitative estimate of drug-likeness (QED) is 0.0537. The number of hydrogen-bond acceptors (Lipinski definition) is 15. The molecule has 1 amide bonds. The zero-order valence-corrected chi connectivity index (χ0v) is 24.9. The fourth-order valence-corrected chi connectivity index (χ4v) is 5.83. The molecule has 0 spiro atoms. The van der Waals surface area contributed by atoms with E-state index in [-0.39, 0.29) is 51.3 Å². The average Bonchev–Trinajstić information content (AvgIpc) is 2.97. The van der Waals surface area contributed by atoms with Crippen LogP contribution in [0.15, 0.2) is 28.7 Å². The molecule has 0 aromatic heterocycles. The van der Waals surface area contributed by atoms with Crippen molar-refractivity contribution in [2.24, 2.45) is 27.9 Å². The van der Waals surface area contributed by atoms with E-state index in [1.807, 2.05) is 0 Å². The molecule has 2 unspecified atom stereocenters. The van der Waals surface area contributed by atoms with Crippen molar-refractivity contribution in [3.8, 4) is 0 Å². The zero-order valence-electron chi connectivity index (χ0n) is 24.9. The molecule has 2 heterocycles. The fourth-order valence-electron chi connectivity index (χ4n) is 5.83. The highest BCUT2D eigenvalue weighted by molar-refractivity contribution is 5.87. The smallest absolute Gasteiger partial charge is 0.252 e. The monoisotopic (exact) mass is 645 g/mol. The molecule has 18 nitrogen and oxygen atoms in total. The summed E-state index contributed by atoms with van der Waals surface area (Å²) in [5, 5.41) is 66.6. The number of ether oxygens (including phenoxy) is 4. The van der Waals surface area contributed by atoms with Crippen molar-refractivity contribution in [2.75, 3.05) is 26.3 Å². The van der Waals surface area contributed by atoms with E-state index in [2.05, 4.69) is 15.6 Å². The first-order chi connectivity index (χ1) is 21.3. The largest absolute Gasteiger partial charge is 0.516 e. The predicted molar refractivity (Wildman–Crippen MR) is 157 cm³/mol. The number of nitrogens with one attached hydrogen (secondary N) is 2. The van der Waals surface area contributed by atoms with Crippen molar-refractivity contribution in [2.45, 2.75) is 105 Å². The van der Waals surface area contributed by atoms with Crippen LogP contribution in [-0.4, -0.2) is 142 Å². The lowest BCUT2D eigenvalue weighted by atomic mass is 9.74. The standard InChI is InChI=1S/C27H47N7O11/c28-16-2-1-15(8-32-7-14(37)10-36)43-23(16)44-21-17(29)4-18(34-25(40)27(41)5-13(6-27)33-26(30)31)22(20(21)39)45-24-19(38)3-12(9-35)11-42-24/h1,9,13-14,16-24,32,35-39,41H,2-8,10-11,28-29H2,(H,34,40)(H4,30,31,33)/b12-9+/t13?,14?,16-,17+,18-,19-,20+,21?,22+,23-,24-,27?/m1/s1. The number of nitrogens with zero attached hydrogens (tertiary/aromatic N) is 1. The molecule has 1 saturated heterocycles. The minimum Gasteiger partial charge on any atom is -0.516 e. The number of aliphatic hydroxyl groups is 6. The van der Waals surface area contributed by atoms with Crippen molar-refractivity contribution in [1.29, 1.82) is 0 Å². The Kier molecular flexibility index (Phi) is 12.0. The molecule has 2 saturated carbocycles. The van der Waals surface area contributed by atoms with E-state index < -0.39 is 85.4 Å². The highest BCUT2D eigenvalue weighted by atomic mass is 16.7. The molecule has 10 atom stereocenters. The van der Waals surface area contributed by atoms with Crippen LogP contribution >= 0.6 is 0 Å². The van der Waals surface area contributed by atoms with Crippen molar-refractivity contribution in [3.63, 3.8) is 0 Å². The number of amides is 1. The Balaban J connectivity index is 1.46. The summed E-state index contributed by atoms with van der Waals surface area (Å²) >= 11 is 0. The first-order valence-corrected chi connectivity index (χ1v) is 14.9. The Bertz CT molecular complexity index is 1100. The summed E-state index contributed by atoms with van der Waals surface area (Å²) in [7, 11) is 0. The molecule has 0 bridgehead atoms. The first kappa shape index (κ1) is 35.2. The number of guanidine groups is 1. The Morgan fingerprint density at radius 1 is 1.18 bits per heavy atom. The molecule has 0 aromatic carbocycles. The molecular weight excluding hydrogens is 598 g/mol. The molecular formula is C27H47N7O11. The summed E-state index contributed by atoms with van der Waals surface area (Å²) in [4.78, 5) is 17.2. The molecule has 4 aliphatic rings. The molecule has 0 radical (unpaired) electrons. The first-order valence-electron chi connectivity index (χ1n) is 14.9. The van der Waals surface area contributed by atoms with Crippen LogP contribution < -0.4 is 33.6 Å². The van der Waals surface area contributed by atoms with Gasteiger partial charge in [-0.05, 0) is 24.5 Å². The number of aliphatic imine (C=N–C) groups is 1. The van der Waals surface area contributed by atoms with Gasteiger partial charge in [-0.2, -0.15) is 0 Å². The van der Waals surface area contributed by atoms with Crippen LogP contribution in [0.3, 0.4) is 0 Å². The number of carbonyl (C=O) groups excluding carboxylic acids is 1. The van der Waals surface area contributed by atoms with Gasteiger partial charge in [0, 0.05) is 31.8 Å². The maximum absolute atomic E-state index is 13.2. The van der Waals surface area contributed by atoms with Gasteiger partial charge in [0.25, 0.3) is 5.91 Å².